The first-order valence-corrected chi connectivity index (χ1v) is 8.22. The van der Waals surface area contributed by atoms with E-state index in [9.17, 15) is 0 Å². The van der Waals surface area contributed by atoms with Crippen LogP contribution in [0.2, 0.25) is 0 Å². The van der Waals surface area contributed by atoms with Crippen LogP contribution in [0.5, 0.6) is 0 Å². The van der Waals surface area contributed by atoms with Crippen molar-refractivity contribution in [3.8, 4) is 0 Å². The van der Waals surface area contributed by atoms with Gasteiger partial charge >= 0.3 is 0 Å². The van der Waals surface area contributed by atoms with Crippen LogP contribution in [0, 0.1) is 0 Å². The van der Waals surface area contributed by atoms with Crippen LogP contribution in [-0.2, 0) is 4.74 Å². The summed E-state index contributed by atoms with van der Waals surface area (Å²) in [6.45, 7) is 5.35. The molecule has 1 aliphatic heterocycles. The summed E-state index contributed by atoms with van der Waals surface area (Å²) in [4.78, 5) is 0. The number of unbranched alkanes of at least 4 members (excludes halogenated alkanes) is 2. The van der Waals surface area contributed by atoms with Crippen molar-refractivity contribution >= 4 is 0 Å². The smallest absolute Gasteiger partial charge is 0.0561 e. The predicted molar refractivity (Wildman–Crippen MR) is 84.9 cm³/mol. The molecule has 1 aromatic carbocycles. The molecule has 2 rings (SSSR count). The lowest BCUT2D eigenvalue weighted by Crippen LogP contribution is -2.40. The van der Waals surface area contributed by atoms with Gasteiger partial charge < -0.3 is 10.1 Å². The first-order valence-electron chi connectivity index (χ1n) is 8.22. The fraction of sp³-hybridized carbons (Fsp3) is 0.667. The van der Waals surface area contributed by atoms with E-state index in [-0.39, 0.29) is 0 Å². The van der Waals surface area contributed by atoms with Crippen molar-refractivity contribution in [3.05, 3.63) is 35.9 Å². The highest BCUT2D eigenvalue weighted by atomic mass is 16.5. The first-order chi connectivity index (χ1) is 9.79. The van der Waals surface area contributed by atoms with Crippen molar-refractivity contribution in [1.82, 2.24) is 5.32 Å². The fourth-order valence-electron chi connectivity index (χ4n) is 3.06. The molecular formula is C18H29NO. The molecule has 112 valence electrons. The Morgan fingerprint density at radius 2 is 2.05 bits per heavy atom. The Morgan fingerprint density at radius 1 is 1.25 bits per heavy atom. The van der Waals surface area contributed by atoms with Gasteiger partial charge in [-0.1, -0.05) is 56.5 Å². The average molecular weight is 275 g/mol. The summed E-state index contributed by atoms with van der Waals surface area (Å²) in [5, 5.41) is 3.88. The summed E-state index contributed by atoms with van der Waals surface area (Å²) in [5.74, 6) is 0. The van der Waals surface area contributed by atoms with Gasteiger partial charge in [0, 0.05) is 18.7 Å². The Bertz CT molecular complexity index is 365. The van der Waals surface area contributed by atoms with Crippen LogP contribution >= 0.6 is 0 Å². The van der Waals surface area contributed by atoms with Crippen LogP contribution in [0.15, 0.2) is 30.3 Å². The molecule has 1 fully saturated rings. The van der Waals surface area contributed by atoms with E-state index in [0.717, 1.165) is 19.4 Å². The van der Waals surface area contributed by atoms with Crippen LogP contribution in [-0.4, -0.2) is 18.8 Å². The number of benzene rings is 1. The van der Waals surface area contributed by atoms with Crippen LogP contribution in [0.1, 0.15) is 64.0 Å². The molecule has 0 bridgehead atoms. The number of hydrogen-bond donors (Lipinski definition) is 1. The third-order valence-corrected chi connectivity index (χ3v) is 4.22. The zero-order chi connectivity index (χ0) is 14.2. The van der Waals surface area contributed by atoms with E-state index in [1.807, 2.05) is 0 Å². The van der Waals surface area contributed by atoms with Crippen molar-refractivity contribution in [2.45, 2.75) is 70.6 Å². The lowest BCUT2D eigenvalue weighted by atomic mass is 9.97. The summed E-state index contributed by atoms with van der Waals surface area (Å²) in [6.07, 6.45) is 7.84. The molecule has 2 heteroatoms. The molecule has 1 aromatic rings. The molecule has 1 saturated heterocycles. The van der Waals surface area contributed by atoms with E-state index in [1.165, 1.54) is 31.2 Å². The molecule has 0 radical (unpaired) electrons. The van der Waals surface area contributed by atoms with Gasteiger partial charge in [-0.05, 0) is 31.7 Å². The summed E-state index contributed by atoms with van der Waals surface area (Å²) in [7, 11) is 0. The molecule has 0 spiro atoms. The zero-order valence-electron chi connectivity index (χ0n) is 13.0. The Labute approximate surface area is 123 Å². The highest BCUT2D eigenvalue weighted by Gasteiger charge is 2.22. The maximum Gasteiger partial charge on any atom is 0.0561 e. The van der Waals surface area contributed by atoms with Crippen LogP contribution < -0.4 is 5.32 Å². The normalized spacial score (nSPS) is 24.5. The molecule has 0 amide bonds. The van der Waals surface area contributed by atoms with E-state index in [4.69, 9.17) is 4.74 Å². The Balaban J connectivity index is 1.95. The zero-order valence-corrected chi connectivity index (χ0v) is 13.0. The molecule has 2 nitrogen and oxygen atoms in total. The van der Waals surface area contributed by atoms with E-state index >= 15 is 0 Å². The molecular weight excluding hydrogens is 246 g/mol. The maximum absolute atomic E-state index is 5.65. The molecule has 0 aliphatic carbocycles. The molecule has 1 N–H and O–H groups in total. The van der Waals surface area contributed by atoms with Crippen molar-refractivity contribution in [1.29, 1.82) is 0 Å². The predicted octanol–water partition coefficient (Wildman–Crippen LogP) is 4.47. The Kier molecular flexibility index (Phi) is 6.55. The second-order valence-corrected chi connectivity index (χ2v) is 6.03. The van der Waals surface area contributed by atoms with Crippen LogP contribution in [0.4, 0.5) is 0 Å². The quantitative estimate of drug-likeness (QED) is 0.742. The fourth-order valence-corrected chi connectivity index (χ4v) is 3.06. The highest BCUT2D eigenvalue weighted by Crippen LogP contribution is 2.23. The van der Waals surface area contributed by atoms with Gasteiger partial charge in [0.2, 0.25) is 0 Å². The lowest BCUT2D eigenvalue weighted by molar-refractivity contribution is 0.0109. The van der Waals surface area contributed by atoms with Gasteiger partial charge in [-0.15, -0.1) is 0 Å². The summed E-state index contributed by atoms with van der Waals surface area (Å²) >= 11 is 0. The molecule has 20 heavy (non-hydrogen) atoms. The van der Waals surface area contributed by atoms with Gasteiger partial charge in [0.15, 0.2) is 0 Å². The van der Waals surface area contributed by atoms with Gasteiger partial charge in [0.05, 0.1) is 6.10 Å². The molecule has 0 saturated carbocycles. The maximum atomic E-state index is 5.65. The number of hydrogen-bond acceptors (Lipinski definition) is 2. The number of rotatable bonds is 7. The minimum atomic E-state index is 0.397. The lowest BCUT2D eigenvalue weighted by Gasteiger charge is -2.32. The SMILES string of the molecule is CCCCCC(NC1CCOC(C)C1)c1ccccc1. The summed E-state index contributed by atoms with van der Waals surface area (Å²) in [5.41, 5.74) is 1.43. The molecule has 1 heterocycles. The van der Waals surface area contributed by atoms with E-state index < -0.39 is 0 Å². The summed E-state index contributed by atoms with van der Waals surface area (Å²) < 4.78 is 5.65. The van der Waals surface area contributed by atoms with Gasteiger partial charge in [-0.2, -0.15) is 0 Å². The molecule has 0 aromatic heterocycles. The van der Waals surface area contributed by atoms with Gasteiger partial charge in [-0.25, -0.2) is 0 Å². The first kappa shape index (κ1) is 15.5. The molecule has 3 unspecified atom stereocenters. The second-order valence-electron chi connectivity index (χ2n) is 6.03. The van der Waals surface area contributed by atoms with Crippen LogP contribution in [0.3, 0.4) is 0 Å². The third-order valence-electron chi connectivity index (χ3n) is 4.22. The standard InChI is InChI=1S/C18H29NO/c1-3-4-6-11-18(16-9-7-5-8-10-16)19-17-12-13-20-15(2)14-17/h5,7-10,15,17-19H,3-4,6,11-14H2,1-2H3. The van der Waals surface area contributed by atoms with Crippen molar-refractivity contribution in [2.24, 2.45) is 0 Å². The minimum absolute atomic E-state index is 0.397. The van der Waals surface area contributed by atoms with Crippen molar-refractivity contribution in [2.75, 3.05) is 6.61 Å². The number of ether oxygens (including phenoxy) is 1. The van der Waals surface area contributed by atoms with Crippen molar-refractivity contribution in [3.63, 3.8) is 0 Å². The Hall–Kier alpha value is -0.860. The van der Waals surface area contributed by atoms with Gasteiger partial charge in [-0.3, -0.25) is 0 Å². The van der Waals surface area contributed by atoms with Gasteiger partial charge in [0.25, 0.3) is 0 Å². The monoisotopic (exact) mass is 275 g/mol. The second kappa shape index (κ2) is 8.43. The summed E-state index contributed by atoms with van der Waals surface area (Å²) in [6, 6.07) is 12.0. The van der Waals surface area contributed by atoms with Crippen molar-refractivity contribution < 1.29 is 4.74 Å². The van der Waals surface area contributed by atoms with Gasteiger partial charge in [0.1, 0.15) is 0 Å². The van der Waals surface area contributed by atoms with E-state index in [1.54, 1.807) is 0 Å². The number of nitrogens with one attached hydrogen (secondary N) is 1. The van der Waals surface area contributed by atoms with E-state index in [0.29, 0.717) is 18.2 Å². The average Bonchev–Trinajstić information content (AvgIpc) is 2.47. The van der Waals surface area contributed by atoms with Crippen LogP contribution in [0.25, 0.3) is 0 Å². The third kappa shape index (κ3) is 4.92. The minimum Gasteiger partial charge on any atom is -0.378 e. The molecule has 3 atom stereocenters. The molecule has 1 aliphatic rings. The highest BCUT2D eigenvalue weighted by molar-refractivity contribution is 5.19. The largest absolute Gasteiger partial charge is 0.378 e. The topological polar surface area (TPSA) is 21.3 Å². The Morgan fingerprint density at radius 3 is 2.75 bits per heavy atom. The van der Waals surface area contributed by atoms with E-state index in [2.05, 4.69) is 49.5 Å².